The molecule has 0 fully saturated rings. The van der Waals surface area contributed by atoms with Gasteiger partial charge in [-0.25, -0.2) is 0 Å². The van der Waals surface area contributed by atoms with Crippen molar-refractivity contribution in [3.05, 3.63) is 59.7 Å². The van der Waals surface area contributed by atoms with Crippen molar-refractivity contribution < 1.29 is 19.4 Å². The molecule has 20 heavy (non-hydrogen) atoms. The minimum Gasteiger partial charge on any atom is -0.497 e. The summed E-state index contributed by atoms with van der Waals surface area (Å²) in [5.74, 6) is 0.835. The van der Waals surface area contributed by atoms with E-state index in [-0.39, 0.29) is 12.4 Å². The van der Waals surface area contributed by atoms with E-state index in [4.69, 9.17) is 9.47 Å². The maximum Gasteiger partial charge on any atom is 0.206 e. The molecule has 0 spiro atoms. The second kappa shape index (κ2) is 4.65. The Bertz CT molecular complexity index is 648. The second-order valence-corrected chi connectivity index (χ2v) is 4.70. The lowest BCUT2D eigenvalue weighted by Crippen LogP contribution is -2.44. The maximum absolute atomic E-state index is 12.5. The van der Waals surface area contributed by atoms with Crippen molar-refractivity contribution in [2.45, 2.75) is 5.60 Å². The molecule has 0 amide bonds. The third-order valence-corrected chi connectivity index (χ3v) is 3.51. The Morgan fingerprint density at radius 1 is 1.15 bits per heavy atom. The van der Waals surface area contributed by atoms with Crippen molar-refractivity contribution in [3.63, 3.8) is 0 Å². The fourth-order valence-electron chi connectivity index (χ4n) is 2.33. The SMILES string of the molecule is COc1ccc([C@]2(O)COc3ccccc3C2=O)cc1. The number of ether oxygens (including phenoxy) is 2. The lowest BCUT2D eigenvalue weighted by atomic mass is 9.84. The van der Waals surface area contributed by atoms with Crippen molar-refractivity contribution >= 4 is 5.78 Å². The van der Waals surface area contributed by atoms with E-state index in [9.17, 15) is 9.90 Å². The highest BCUT2D eigenvalue weighted by Gasteiger charge is 2.43. The average molecular weight is 270 g/mol. The van der Waals surface area contributed by atoms with Crippen molar-refractivity contribution in [3.8, 4) is 11.5 Å². The summed E-state index contributed by atoms with van der Waals surface area (Å²) in [6.07, 6.45) is 0. The molecule has 1 aliphatic heterocycles. The molecule has 1 atom stereocenters. The summed E-state index contributed by atoms with van der Waals surface area (Å²) in [5.41, 5.74) is -0.754. The number of Topliss-reactive ketones (excluding diaryl/α,β-unsaturated/α-hetero) is 1. The van der Waals surface area contributed by atoms with Crippen LogP contribution in [0, 0.1) is 0 Å². The first-order valence-corrected chi connectivity index (χ1v) is 6.29. The highest BCUT2D eigenvalue weighted by atomic mass is 16.5. The summed E-state index contributed by atoms with van der Waals surface area (Å²) in [5, 5.41) is 10.7. The van der Waals surface area contributed by atoms with Crippen LogP contribution < -0.4 is 9.47 Å². The highest BCUT2D eigenvalue weighted by Crippen LogP contribution is 2.35. The Morgan fingerprint density at radius 3 is 2.55 bits per heavy atom. The lowest BCUT2D eigenvalue weighted by molar-refractivity contribution is -0.00506. The van der Waals surface area contributed by atoms with Crippen LogP contribution in [-0.2, 0) is 5.60 Å². The van der Waals surface area contributed by atoms with Crippen LogP contribution in [0.3, 0.4) is 0 Å². The van der Waals surface area contributed by atoms with Crippen molar-refractivity contribution in [1.29, 1.82) is 0 Å². The first-order chi connectivity index (χ1) is 9.65. The van der Waals surface area contributed by atoms with E-state index >= 15 is 0 Å². The summed E-state index contributed by atoms with van der Waals surface area (Å²) < 4.78 is 10.6. The minimum absolute atomic E-state index is 0.0881. The van der Waals surface area contributed by atoms with Crippen molar-refractivity contribution in [2.75, 3.05) is 13.7 Å². The predicted molar refractivity (Wildman–Crippen MR) is 73.2 cm³/mol. The van der Waals surface area contributed by atoms with Gasteiger partial charge in [-0.3, -0.25) is 4.79 Å². The van der Waals surface area contributed by atoms with E-state index in [0.717, 1.165) is 0 Å². The summed E-state index contributed by atoms with van der Waals surface area (Å²) in [6.45, 7) is -0.0881. The highest BCUT2D eigenvalue weighted by molar-refractivity contribution is 6.06. The second-order valence-electron chi connectivity index (χ2n) is 4.70. The van der Waals surface area contributed by atoms with Crippen LogP contribution in [0.1, 0.15) is 15.9 Å². The van der Waals surface area contributed by atoms with Crippen LogP contribution in [0.2, 0.25) is 0 Å². The van der Waals surface area contributed by atoms with Gasteiger partial charge in [0.2, 0.25) is 5.78 Å². The lowest BCUT2D eigenvalue weighted by Gasteiger charge is -2.32. The predicted octanol–water partition coefficient (Wildman–Crippen LogP) is 2.16. The van der Waals surface area contributed by atoms with Gasteiger partial charge in [0.25, 0.3) is 0 Å². The first-order valence-electron chi connectivity index (χ1n) is 6.29. The average Bonchev–Trinajstić information content (AvgIpc) is 2.51. The molecule has 1 N–H and O–H groups in total. The summed E-state index contributed by atoms with van der Waals surface area (Å²) in [6, 6.07) is 13.7. The Labute approximate surface area is 116 Å². The summed E-state index contributed by atoms with van der Waals surface area (Å²) in [4.78, 5) is 12.5. The Morgan fingerprint density at radius 2 is 1.85 bits per heavy atom. The van der Waals surface area contributed by atoms with Crippen LogP contribution in [0.25, 0.3) is 0 Å². The standard InChI is InChI=1S/C16H14O4/c1-19-12-8-6-11(7-9-12)16(18)10-20-14-5-3-2-4-13(14)15(16)17/h2-9,18H,10H2,1H3/t16-/m1/s1. The number of fused-ring (bicyclic) bond motifs is 1. The van der Waals surface area contributed by atoms with E-state index in [2.05, 4.69) is 0 Å². The zero-order valence-corrected chi connectivity index (χ0v) is 11.0. The van der Waals surface area contributed by atoms with Gasteiger partial charge in [0.05, 0.1) is 12.7 Å². The molecule has 0 aliphatic carbocycles. The van der Waals surface area contributed by atoms with E-state index in [1.165, 1.54) is 0 Å². The minimum atomic E-state index is -1.65. The number of rotatable bonds is 2. The van der Waals surface area contributed by atoms with Gasteiger partial charge in [-0.1, -0.05) is 24.3 Å². The zero-order chi connectivity index (χ0) is 14.2. The van der Waals surface area contributed by atoms with E-state index in [1.54, 1.807) is 55.6 Å². The van der Waals surface area contributed by atoms with E-state index in [0.29, 0.717) is 22.6 Å². The number of hydrogen-bond acceptors (Lipinski definition) is 4. The normalized spacial score (nSPS) is 21.0. The molecule has 0 bridgehead atoms. The first kappa shape index (κ1) is 12.7. The molecule has 0 unspecified atom stereocenters. The van der Waals surface area contributed by atoms with Gasteiger partial charge < -0.3 is 14.6 Å². The third kappa shape index (κ3) is 1.85. The van der Waals surface area contributed by atoms with Crippen molar-refractivity contribution in [1.82, 2.24) is 0 Å². The Balaban J connectivity index is 2.02. The number of para-hydroxylation sites is 1. The molecule has 0 aromatic heterocycles. The molecule has 2 aromatic rings. The molecule has 1 heterocycles. The number of carbonyl (C=O) groups is 1. The van der Waals surface area contributed by atoms with E-state index < -0.39 is 5.60 Å². The van der Waals surface area contributed by atoms with Gasteiger partial charge >= 0.3 is 0 Å². The Hall–Kier alpha value is -2.33. The fraction of sp³-hybridized carbons (Fsp3) is 0.188. The molecule has 3 rings (SSSR count). The molecule has 2 aromatic carbocycles. The number of ketones is 1. The van der Waals surface area contributed by atoms with Crippen molar-refractivity contribution in [2.24, 2.45) is 0 Å². The molecule has 0 radical (unpaired) electrons. The molecular weight excluding hydrogens is 256 g/mol. The molecule has 4 heteroatoms. The van der Waals surface area contributed by atoms with Gasteiger partial charge in [0.15, 0.2) is 5.60 Å². The topological polar surface area (TPSA) is 55.8 Å². The molecular formula is C16H14O4. The number of methoxy groups -OCH3 is 1. The van der Waals surface area contributed by atoms with E-state index in [1.807, 2.05) is 0 Å². The summed E-state index contributed by atoms with van der Waals surface area (Å²) >= 11 is 0. The smallest absolute Gasteiger partial charge is 0.206 e. The van der Waals surface area contributed by atoms with Crippen LogP contribution in [-0.4, -0.2) is 24.6 Å². The van der Waals surface area contributed by atoms with Crippen LogP contribution in [0.15, 0.2) is 48.5 Å². The number of carbonyl (C=O) groups excluding carboxylic acids is 1. The van der Waals surface area contributed by atoms with Crippen LogP contribution in [0.4, 0.5) is 0 Å². The number of aliphatic hydroxyl groups is 1. The third-order valence-electron chi connectivity index (χ3n) is 3.51. The maximum atomic E-state index is 12.5. The van der Waals surface area contributed by atoms with Gasteiger partial charge in [-0.05, 0) is 29.8 Å². The monoisotopic (exact) mass is 270 g/mol. The van der Waals surface area contributed by atoms with Gasteiger partial charge in [0.1, 0.15) is 18.1 Å². The molecule has 0 saturated heterocycles. The van der Waals surface area contributed by atoms with Gasteiger partial charge in [-0.2, -0.15) is 0 Å². The molecule has 4 nitrogen and oxygen atoms in total. The molecule has 1 aliphatic rings. The number of hydrogen-bond donors (Lipinski definition) is 1. The summed E-state index contributed by atoms with van der Waals surface area (Å²) in [7, 11) is 1.56. The van der Waals surface area contributed by atoms with Crippen LogP contribution >= 0.6 is 0 Å². The Kier molecular flexibility index (Phi) is 2.95. The quantitative estimate of drug-likeness (QED) is 0.908. The largest absolute Gasteiger partial charge is 0.497 e. The fourth-order valence-corrected chi connectivity index (χ4v) is 2.33. The van der Waals surface area contributed by atoms with Gasteiger partial charge in [-0.15, -0.1) is 0 Å². The number of benzene rings is 2. The van der Waals surface area contributed by atoms with Crippen LogP contribution in [0.5, 0.6) is 11.5 Å². The van der Waals surface area contributed by atoms with Gasteiger partial charge in [0, 0.05) is 0 Å². The molecule has 102 valence electrons. The molecule has 0 saturated carbocycles. The zero-order valence-electron chi connectivity index (χ0n) is 11.0.